The number of alkyl halides is 2. The molecule has 2 aromatic rings. The number of aromatic nitrogens is 1. The molecule has 34 heavy (non-hydrogen) atoms. The first-order chi connectivity index (χ1) is 16.3. The molecule has 2 amide bonds. The lowest BCUT2D eigenvalue weighted by molar-refractivity contribution is -0.148. The Labute approximate surface area is 193 Å². The van der Waals surface area contributed by atoms with E-state index in [1.807, 2.05) is 0 Å². The van der Waals surface area contributed by atoms with Crippen molar-refractivity contribution in [2.75, 3.05) is 13.7 Å². The Kier molecular flexibility index (Phi) is 6.99. The lowest BCUT2D eigenvalue weighted by atomic mass is 9.78. The zero-order valence-corrected chi connectivity index (χ0v) is 18.7. The van der Waals surface area contributed by atoms with Crippen LogP contribution in [0.2, 0.25) is 0 Å². The third kappa shape index (κ3) is 5.29. The molecular weight excluding hydrogens is 452 g/mol. The van der Waals surface area contributed by atoms with Crippen LogP contribution in [-0.2, 0) is 9.53 Å². The molecule has 9 nitrogen and oxygen atoms in total. The smallest absolute Gasteiger partial charge is 0.387 e. The molecule has 11 heteroatoms. The zero-order valence-electron chi connectivity index (χ0n) is 18.7. The van der Waals surface area contributed by atoms with Crippen LogP contribution in [-0.4, -0.2) is 54.5 Å². The van der Waals surface area contributed by atoms with Crippen LogP contribution in [0.1, 0.15) is 37.7 Å². The molecule has 3 atom stereocenters. The summed E-state index contributed by atoms with van der Waals surface area (Å²) in [7, 11) is 1.36. The van der Waals surface area contributed by atoms with Crippen molar-refractivity contribution in [3.8, 4) is 11.5 Å². The Hall–Kier alpha value is -3.63. The molecule has 0 bridgehead atoms. The Morgan fingerprint density at radius 3 is 2.82 bits per heavy atom. The number of nitrogens with zero attached hydrogens (tertiary/aromatic N) is 2. The molecule has 1 saturated carbocycles. The Bertz CT molecular complexity index is 1170. The summed E-state index contributed by atoms with van der Waals surface area (Å²) < 4.78 is 46.2. The molecule has 182 valence electrons. The number of esters is 1. The molecule has 3 unspecified atom stereocenters. The van der Waals surface area contributed by atoms with E-state index in [9.17, 15) is 18.4 Å². The lowest BCUT2D eigenvalue weighted by Crippen LogP contribution is -2.49. The average molecular weight is 477 g/mol. The third-order valence-electron chi connectivity index (χ3n) is 5.93. The van der Waals surface area contributed by atoms with E-state index in [0.29, 0.717) is 42.0 Å². The summed E-state index contributed by atoms with van der Waals surface area (Å²) in [5.74, 6) is -0.646. The second kappa shape index (κ2) is 10.1. The fraction of sp³-hybridized carbons (Fsp3) is 0.435. The number of methoxy groups -OCH3 is 1. The van der Waals surface area contributed by atoms with Gasteiger partial charge >= 0.3 is 18.6 Å². The second-order valence-corrected chi connectivity index (χ2v) is 8.13. The van der Waals surface area contributed by atoms with E-state index in [1.54, 1.807) is 24.4 Å². The molecular formula is C23H25F2N3O6. The maximum Gasteiger partial charge on any atom is 0.387 e. The maximum absolute atomic E-state index is 13.0. The topological polar surface area (TPSA) is 103 Å². The molecule has 0 spiro atoms. The van der Waals surface area contributed by atoms with Gasteiger partial charge in [0.2, 0.25) is 0 Å². The highest BCUT2D eigenvalue weighted by atomic mass is 19.3. The number of ether oxygens (including phenoxy) is 3. The van der Waals surface area contributed by atoms with E-state index in [4.69, 9.17) is 14.0 Å². The van der Waals surface area contributed by atoms with Gasteiger partial charge in [-0.05, 0) is 43.0 Å². The van der Waals surface area contributed by atoms with Crippen LogP contribution in [0.15, 0.2) is 28.9 Å². The standard InChI is InChI=1S/C23H25F2N3O6/c1-13(29)32-16-4-5-18(27-23(30)28-8-7-19-15(12-28)11-26-34-19)17(10-16)14-3-6-20(31-2)21(9-14)33-22(24)25/h3,6-7,9,11-12,16-18,22H,4-5,8,10H2,1-2H3,(H,27,30). The van der Waals surface area contributed by atoms with Crippen molar-refractivity contribution in [3.63, 3.8) is 0 Å². The van der Waals surface area contributed by atoms with Crippen LogP contribution in [0, 0.1) is 0 Å². The van der Waals surface area contributed by atoms with Crippen LogP contribution in [0.4, 0.5) is 13.6 Å². The van der Waals surface area contributed by atoms with Gasteiger partial charge in [-0.25, -0.2) is 4.79 Å². The van der Waals surface area contributed by atoms with Crippen molar-refractivity contribution in [2.45, 2.75) is 50.9 Å². The van der Waals surface area contributed by atoms with E-state index in [-0.39, 0.29) is 35.6 Å². The first-order valence-electron chi connectivity index (χ1n) is 10.8. The Balaban J connectivity index is 1.58. The summed E-state index contributed by atoms with van der Waals surface area (Å²) in [6.45, 7) is -1.36. The number of fused-ring (bicyclic) bond motifs is 1. The second-order valence-electron chi connectivity index (χ2n) is 8.13. The minimum atomic E-state index is -3.02. The van der Waals surface area contributed by atoms with Gasteiger partial charge in [0.25, 0.3) is 0 Å². The number of urea groups is 1. The number of hydrogen-bond acceptors (Lipinski definition) is 7. The van der Waals surface area contributed by atoms with Gasteiger partial charge in [-0.1, -0.05) is 11.2 Å². The molecule has 0 radical (unpaired) electrons. The highest BCUT2D eigenvalue weighted by Gasteiger charge is 2.35. The van der Waals surface area contributed by atoms with Crippen LogP contribution >= 0.6 is 0 Å². The van der Waals surface area contributed by atoms with Gasteiger partial charge in [0.15, 0.2) is 16.9 Å². The van der Waals surface area contributed by atoms with Crippen molar-refractivity contribution < 1.29 is 37.1 Å². The summed E-state index contributed by atoms with van der Waals surface area (Å²) in [5, 5.41) is 7.47. The number of nitrogens with one attached hydrogen (secondary N) is 1. The lowest BCUT2D eigenvalue weighted by Gasteiger charge is -2.37. The molecule has 1 aromatic carbocycles. The quantitative estimate of drug-likeness (QED) is 0.636. The Morgan fingerprint density at radius 2 is 2.09 bits per heavy atom. The molecule has 0 saturated heterocycles. The van der Waals surface area contributed by atoms with Crippen LogP contribution in [0.3, 0.4) is 0 Å². The number of benzene rings is 1. The molecule has 1 N–H and O–H groups in total. The van der Waals surface area contributed by atoms with E-state index in [1.165, 1.54) is 31.2 Å². The predicted molar refractivity (Wildman–Crippen MR) is 115 cm³/mol. The molecule has 4 rings (SSSR count). The normalized spacial score (nSPS) is 21.7. The van der Waals surface area contributed by atoms with Crippen LogP contribution < -0.4 is 25.4 Å². The average Bonchev–Trinajstić information content (AvgIpc) is 3.27. The van der Waals surface area contributed by atoms with Gasteiger partial charge in [0.1, 0.15) is 6.10 Å². The van der Waals surface area contributed by atoms with Crippen LogP contribution in [0.5, 0.6) is 11.5 Å². The molecule has 1 fully saturated rings. The number of halogens is 2. The number of carbonyl (C=O) groups excluding carboxylic acids is 2. The van der Waals surface area contributed by atoms with Crippen molar-refractivity contribution in [3.05, 3.63) is 40.6 Å². The largest absolute Gasteiger partial charge is 0.493 e. The van der Waals surface area contributed by atoms with E-state index in [2.05, 4.69) is 15.2 Å². The SMILES string of the molecule is COc1ccc(C2CC(OC(C)=O)CCC2NC(=O)N2C=c3cnoc3=CC2)cc1OC(F)F. The van der Waals surface area contributed by atoms with Crippen molar-refractivity contribution >= 4 is 24.3 Å². The molecule has 2 heterocycles. The van der Waals surface area contributed by atoms with Crippen molar-refractivity contribution in [2.24, 2.45) is 0 Å². The van der Waals surface area contributed by atoms with Gasteiger partial charge in [0, 0.05) is 31.6 Å². The first kappa shape index (κ1) is 23.5. The predicted octanol–water partition coefficient (Wildman–Crippen LogP) is 2.10. The zero-order chi connectivity index (χ0) is 24.2. The van der Waals surface area contributed by atoms with Crippen molar-refractivity contribution in [1.29, 1.82) is 0 Å². The van der Waals surface area contributed by atoms with E-state index in [0.717, 1.165) is 0 Å². The summed E-state index contributed by atoms with van der Waals surface area (Å²) in [6, 6.07) is 4.12. The first-order valence-corrected chi connectivity index (χ1v) is 10.8. The molecule has 2 aliphatic rings. The molecule has 1 aliphatic heterocycles. The fourth-order valence-electron chi connectivity index (χ4n) is 4.42. The number of amides is 2. The fourth-order valence-corrected chi connectivity index (χ4v) is 4.42. The van der Waals surface area contributed by atoms with Crippen LogP contribution in [0.25, 0.3) is 12.3 Å². The Morgan fingerprint density at radius 1 is 1.26 bits per heavy atom. The van der Waals surface area contributed by atoms with Gasteiger partial charge < -0.3 is 24.1 Å². The summed E-state index contributed by atoms with van der Waals surface area (Å²) in [4.78, 5) is 26.1. The summed E-state index contributed by atoms with van der Waals surface area (Å²) in [5.41, 5.74) is 1.27. The highest BCUT2D eigenvalue weighted by molar-refractivity contribution is 5.80. The van der Waals surface area contributed by atoms with Gasteiger partial charge in [-0.3, -0.25) is 9.69 Å². The van der Waals surface area contributed by atoms with Gasteiger partial charge in [-0.15, -0.1) is 0 Å². The molecule has 1 aromatic heterocycles. The number of hydrogen-bond donors (Lipinski definition) is 1. The number of rotatable bonds is 6. The minimum absolute atomic E-state index is 0.103. The van der Waals surface area contributed by atoms with Crippen molar-refractivity contribution in [1.82, 2.24) is 15.4 Å². The summed E-state index contributed by atoms with van der Waals surface area (Å²) in [6.07, 6.45) is 6.09. The molecule has 1 aliphatic carbocycles. The van der Waals surface area contributed by atoms with E-state index < -0.39 is 12.6 Å². The van der Waals surface area contributed by atoms with Gasteiger partial charge in [0.05, 0.1) is 18.5 Å². The third-order valence-corrected chi connectivity index (χ3v) is 5.93. The highest BCUT2D eigenvalue weighted by Crippen LogP contribution is 2.39. The monoisotopic (exact) mass is 477 g/mol. The number of carbonyl (C=O) groups is 2. The minimum Gasteiger partial charge on any atom is -0.493 e. The summed E-state index contributed by atoms with van der Waals surface area (Å²) >= 11 is 0. The van der Waals surface area contributed by atoms with Gasteiger partial charge in [-0.2, -0.15) is 8.78 Å². The maximum atomic E-state index is 13.0. The van der Waals surface area contributed by atoms with E-state index >= 15 is 0 Å².